The summed E-state index contributed by atoms with van der Waals surface area (Å²) in [4.78, 5) is 44.9. The third kappa shape index (κ3) is 3.25. The Bertz CT molecular complexity index is 777. The normalized spacial score (nSPS) is 16.8. The minimum absolute atomic E-state index is 0.134. The van der Waals surface area contributed by atoms with Crippen LogP contribution < -0.4 is 5.32 Å². The molecule has 1 saturated heterocycles. The van der Waals surface area contributed by atoms with Gasteiger partial charge in [0.15, 0.2) is 5.13 Å². The van der Waals surface area contributed by atoms with E-state index in [0.29, 0.717) is 24.9 Å². The Morgan fingerprint density at radius 1 is 1.38 bits per heavy atom. The fraction of sp³-hybridized carbons (Fsp3) is 0.267. The van der Waals surface area contributed by atoms with Gasteiger partial charge in [-0.15, -0.1) is 11.3 Å². The minimum atomic E-state index is -1.01. The van der Waals surface area contributed by atoms with E-state index in [1.807, 2.05) is 0 Å². The minimum Gasteiger partial charge on any atom is -0.480 e. The lowest BCUT2D eigenvalue weighted by atomic mass is 10.2. The molecule has 1 fully saturated rings. The maximum absolute atomic E-state index is 12.4. The van der Waals surface area contributed by atoms with Gasteiger partial charge < -0.3 is 10.0 Å². The van der Waals surface area contributed by atoms with Gasteiger partial charge in [-0.3, -0.25) is 19.9 Å². The second kappa shape index (κ2) is 6.75. The van der Waals surface area contributed by atoms with Gasteiger partial charge >= 0.3 is 5.97 Å². The molecule has 9 heteroatoms. The van der Waals surface area contributed by atoms with Crippen molar-refractivity contribution in [2.45, 2.75) is 18.9 Å². The van der Waals surface area contributed by atoms with Crippen LogP contribution in [0.1, 0.15) is 33.7 Å². The summed E-state index contributed by atoms with van der Waals surface area (Å²) in [7, 11) is 0. The van der Waals surface area contributed by atoms with E-state index in [2.05, 4.69) is 15.3 Å². The summed E-state index contributed by atoms with van der Waals surface area (Å²) >= 11 is 1.11. The van der Waals surface area contributed by atoms with E-state index in [-0.39, 0.29) is 16.7 Å². The van der Waals surface area contributed by atoms with Crippen LogP contribution in [0.15, 0.2) is 29.9 Å². The van der Waals surface area contributed by atoms with Gasteiger partial charge in [-0.2, -0.15) is 0 Å². The molecular formula is C15H14N4O4S. The lowest BCUT2D eigenvalue weighted by Crippen LogP contribution is -2.40. The summed E-state index contributed by atoms with van der Waals surface area (Å²) in [6.45, 7) is 0.394. The molecule has 0 spiro atoms. The van der Waals surface area contributed by atoms with Crippen LogP contribution in [0.4, 0.5) is 5.13 Å². The second-order valence-corrected chi connectivity index (χ2v) is 6.09. The van der Waals surface area contributed by atoms with Gasteiger partial charge in [0, 0.05) is 24.3 Å². The number of carbonyl (C=O) groups is 3. The largest absolute Gasteiger partial charge is 0.480 e. The van der Waals surface area contributed by atoms with Crippen molar-refractivity contribution >= 4 is 34.3 Å². The molecule has 2 amide bonds. The highest BCUT2D eigenvalue weighted by molar-refractivity contribution is 7.14. The Morgan fingerprint density at radius 2 is 2.21 bits per heavy atom. The number of carboxylic acids is 1. The molecule has 3 heterocycles. The van der Waals surface area contributed by atoms with Crippen LogP contribution in [0.2, 0.25) is 0 Å². The summed E-state index contributed by atoms with van der Waals surface area (Å²) in [6, 6.07) is 2.45. The fourth-order valence-electron chi connectivity index (χ4n) is 2.51. The van der Waals surface area contributed by atoms with Gasteiger partial charge in [0.1, 0.15) is 11.7 Å². The number of hydrogen-bond acceptors (Lipinski definition) is 6. The first-order chi connectivity index (χ1) is 11.6. The third-order valence-corrected chi connectivity index (χ3v) is 4.42. The predicted molar refractivity (Wildman–Crippen MR) is 86.0 cm³/mol. The first-order valence-corrected chi connectivity index (χ1v) is 8.15. The van der Waals surface area contributed by atoms with Gasteiger partial charge in [0.2, 0.25) is 0 Å². The van der Waals surface area contributed by atoms with Crippen LogP contribution in [-0.4, -0.2) is 50.3 Å². The molecule has 2 N–H and O–H groups in total. The highest BCUT2D eigenvalue weighted by Crippen LogP contribution is 2.23. The average molecular weight is 346 g/mol. The van der Waals surface area contributed by atoms with Crippen LogP contribution in [0, 0.1) is 0 Å². The van der Waals surface area contributed by atoms with Crippen molar-refractivity contribution in [1.29, 1.82) is 0 Å². The zero-order chi connectivity index (χ0) is 17.1. The van der Waals surface area contributed by atoms with Crippen molar-refractivity contribution in [3.63, 3.8) is 0 Å². The molecule has 0 aliphatic carbocycles. The standard InChI is InChI=1S/C15H14N4O4S/c20-12(9-3-1-5-16-7-9)18-15-17-10(8-24-15)13(21)19-6-2-4-11(19)14(22)23/h1,3,5,7-8,11H,2,4,6H2,(H,22,23)(H,17,18,20). The number of rotatable bonds is 4. The van der Waals surface area contributed by atoms with Crippen molar-refractivity contribution < 1.29 is 19.5 Å². The lowest BCUT2D eigenvalue weighted by molar-refractivity contribution is -0.141. The fourth-order valence-corrected chi connectivity index (χ4v) is 3.19. The number of nitrogens with one attached hydrogen (secondary N) is 1. The molecule has 0 radical (unpaired) electrons. The van der Waals surface area contributed by atoms with Crippen molar-refractivity contribution in [1.82, 2.24) is 14.9 Å². The number of thiazole rings is 1. The van der Waals surface area contributed by atoms with E-state index in [4.69, 9.17) is 5.11 Å². The molecule has 1 atom stereocenters. The summed E-state index contributed by atoms with van der Waals surface area (Å²) in [5.74, 6) is -1.82. The van der Waals surface area contributed by atoms with Crippen molar-refractivity contribution in [2.24, 2.45) is 0 Å². The molecule has 0 saturated carbocycles. The molecule has 8 nitrogen and oxygen atoms in total. The summed E-state index contributed by atoms with van der Waals surface area (Å²) in [5, 5.41) is 13.5. The molecule has 3 rings (SSSR count). The Kier molecular flexibility index (Phi) is 4.52. The molecule has 1 unspecified atom stereocenters. The molecular weight excluding hydrogens is 332 g/mol. The molecule has 2 aromatic heterocycles. The van der Waals surface area contributed by atoms with Crippen LogP contribution >= 0.6 is 11.3 Å². The van der Waals surface area contributed by atoms with Gasteiger partial charge in [0.05, 0.1) is 5.56 Å². The average Bonchev–Trinajstić information content (AvgIpc) is 3.24. The number of carboxylic acid groups (broad SMARTS) is 1. The maximum atomic E-state index is 12.4. The molecule has 24 heavy (non-hydrogen) atoms. The topological polar surface area (TPSA) is 112 Å². The van der Waals surface area contributed by atoms with Crippen LogP contribution in [0.25, 0.3) is 0 Å². The van der Waals surface area contributed by atoms with E-state index >= 15 is 0 Å². The van der Waals surface area contributed by atoms with Crippen molar-refractivity contribution in [3.8, 4) is 0 Å². The summed E-state index contributed by atoms with van der Waals surface area (Å²) in [5.41, 5.74) is 0.515. The zero-order valence-corrected chi connectivity index (χ0v) is 13.3. The van der Waals surface area contributed by atoms with E-state index in [9.17, 15) is 14.4 Å². The molecule has 0 bridgehead atoms. The molecule has 2 aromatic rings. The van der Waals surface area contributed by atoms with Gasteiger partial charge in [-0.1, -0.05) is 0 Å². The molecule has 1 aliphatic heterocycles. The predicted octanol–water partition coefficient (Wildman–Crippen LogP) is 1.48. The Morgan fingerprint density at radius 3 is 2.92 bits per heavy atom. The lowest BCUT2D eigenvalue weighted by Gasteiger charge is -2.20. The Hall–Kier alpha value is -2.81. The monoisotopic (exact) mass is 346 g/mol. The zero-order valence-electron chi connectivity index (χ0n) is 12.5. The quantitative estimate of drug-likeness (QED) is 0.867. The molecule has 0 aromatic carbocycles. The van der Waals surface area contributed by atoms with Crippen molar-refractivity contribution in [3.05, 3.63) is 41.2 Å². The van der Waals surface area contributed by atoms with Crippen LogP contribution in [0.5, 0.6) is 0 Å². The highest BCUT2D eigenvalue weighted by atomic mass is 32.1. The number of aromatic nitrogens is 2. The summed E-state index contributed by atoms with van der Waals surface area (Å²) < 4.78 is 0. The smallest absolute Gasteiger partial charge is 0.326 e. The number of pyridine rings is 1. The van der Waals surface area contributed by atoms with Gasteiger partial charge in [-0.25, -0.2) is 9.78 Å². The SMILES string of the molecule is O=C(Nc1nc(C(=O)N2CCCC2C(=O)O)cs1)c1cccnc1. The summed E-state index contributed by atoms with van der Waals surface area (Å²) in [6.07, 6.45) is 4.08. The number of hydrogen-bond donors (Lipinski definition) is 2. The van der Waals surface area contributed by atoms with Crippen LogP contribution in [0.3, 0.4) is 0 Å². The first kappa shape index (κ1) is 16.1. The van der Waals surface area contributed by atoms with E-state index in [1.54, 1.807) is 18.3 Å². The highest BCUT2D eigenvalue weighted by Gasteiger charge is 2.35. The Labute approximate surface area is 141 Å². The van der Waals surface area contributed by atoms with E-state index in [0.717, 1.165) is 11.3 Å². The van der Waals surface area contributed by atoms with Gasteiger partial charge in [0.25, 0.3) is 11.8 Å². The third-order valence-electron chi connectivity index (χ3n) is 3.67. The van der Waals surface area contributed by atoms with E-state index in [1.165, 1.54) is 16.5 Å². The number of aliphatic carboxylic acids is 1. The number of anilines is 1. The maximum Gasteiger partial charge on any atom is 0.326 e. The molecule has 1 aliphatic rings. The number of carbonyl (C=O) groups excluding carboxylic acids is 2. The Balaban J connectivity index is 1.70. The second-order valence-electron chi connectivity index (χ2n) is 5.23. The number of likely N-dealkylation sites (tertiary alicyclic amines) is 1. The van der Waals surface area contributed by atoms with Crippen molar-refractivity contribution in [2.75, 3.05) is 11.9 Å². The molecule has 124 valence electrons. The van der Waals surface area contributed by atoms with E-state index < -0.39 is 17.9 Å². The first-order valence-electron chi connectivity index (χ1n) is 7.27. The number of nitrogens with zero attached hydrogens (tertiary/aromatic N) is 3. The van der Waals surface area contributed by atoms with Crippen LogP contribution in [-0.2, 0) is 4.79 Å². The van der Waals surface area contributed by atoms with Gasteiger partial charge in [-0.05, 0) is 25.0 Å². The number of amides is 2.